The summed E-state index contributed by atoms with van der Waals surface area (Å²) in [6, 6.07) is 18.2. The first kappa shape index (κ1) is 14.2. The fourth-order valence-electron chi connectivity index (χ4n) is 2.11. The molecule has 2 aromatic rings. The molecule has 1 heterocycles. The van der Waals surface area contributed by atoms with Crippen molar-refractivity contribution in [1.82, 2.24) is 0 Å². The Balaban J connectivity index is 0.00000147. The van der Waals surface area contributed by atoms with Crippen LogP contribution >= 0.6 is 0 Å². The van der Waals surface area contributed by atoms with Crippen LogP contribution in [0.25, 0.3) is 5.70 Å². The molecule has 0 aliphatic carbocycles. The molecule has 0 spiro atoms. The number of quaternary nitrogens is 1. The summed E-state index contributed by atoms with van der Waals surface area (Å²) in [4.78, 5) is 5.38. The van der Waals surface area contributed by atoms with Crippen LogP contribution in [-0.2, 0) is 4.84 Å². The summed E-state index contributed by atoms with van der Waals surface area (Å²) >= 11 is 0. The Bertz CT molecular complexity index is 611. The number of rotatable bonds is 2. The Morgan fingerprint density at radius 1 is 1.00 bits per heavy atom. The summed E-state index contributed by atoms with van der Waals surface area (Å²) < 4.78 is 0. The van der Waals surface area contributed by atoms with Crippen LogP contribution in [0.15, 0.2) is 60.5 Å². The van der Waals surface area contributed by atoms with E-state index in [0.717, 1.165) is 16.9 Å². The van der Waals surface area contributed by atoms with E-state index < -0.39 is 0 Å². The lowest BCUT2D eigenvalue weighted by Gasteiger charge is -2.14. The van der Waals surface area contributed by atoms with Gasteiger partial charge in [0.05, 0.1) is 5.69 Å². The van der Waals surface area contributed by atoms with Crippen LogP contribution in [0.3, 0.4) is 0 Å². The first-order chi connectivity index (χ1) is 9.25. The first-order valence-electron chi connectivity index (χ1n) is 6.17. The van der Waals surface area contributed by atoms with E-state index >= 15 is 0 Å². The third kappa shape index (κ3) is 2.57. The van der Waals surface area contributed by atoms with Gasteiger partial charge in [-0.1, -0.05) is 53.6 Å². The van der Waals surface area contributed by atoms with Gasteiger partial charge in [-0.05, 0) is 19.1 Å². The molecule has 4 N–H and O–H groups in total. The minimum atomic E-state index is 0. The lowest BCUT2D eigenvalue weighted by molar-refractivity contribution is -0.877. The quantitative estimate of drug-likeness (QED) is 0.663. The number of benzene rings is 2. The highest BCUT2D eigenvalue weighted by molar-refractivity contribution is 5.78. The molecule has 0 bridgehead atoms. The van der Waals surface area contributed by atoms with E-state index in [4.69, 9.17) is 10.6 Å². The van der Waals surface area contributed by atoms with Gasteiger partial charge in [0, 0.05) is 5.56 Å². The molecule has 0 saturated heterocycles. The van der Waals surface area contributed by atoms with E-state index in [2.05, 4.69) is 31.2 Å². The maximum Gasteiger partial charge on any atom is 0.286 e. The maximum atomic E-state index is 5.96. The zero-order valence-corrected chi connectivity index (χ0v) is 11.8. The van der Waals surface area contributed by atoms with Gasteiger partial charge in [-0.2, -0.15) is 0 Å². The number of halogens is 1. The number of anilines is 1. The van der Waals surface area contributed by atoms with Crippen molar-refractivity contribution in [2.24, 2.45) is 5.73 Å². The molecule has 0 aromatic heterocycles. The second-order valence-electron chi connectivity index (χ2n) is 4.51. The highest BCUT2D eigenvalue weighted by atomic mass is 35.5. The SMILES string of the molecule is Cc1ccc(C2=C(N)O[NH2+]N2c2ccccc2)cc1.[Cl-]. The van der Waals surface area contributed by atoms with Crippen molar-refractivity contribution in [3.63, 3.8) is 0 Å². The second-order valence-corrected chi connectivity index (χ2v) is 4.51. The number of nitrogens with two attached hydrogens (primary N) is 2. The molecule has 2 aromatic carbocycles. The molecule has 0 unspecified atom stereocenters. The van der Waals surface area contributed by atoms with E-state index in [9.17, 15) is 0 Å². The normalized spacial score (nSPS) is 13.9. The summed E-state index contributed by atoms with van der Waals surface area (Å²) in [5.41, 5.74) is 11.8. The van der Waals surface area contributed by atoms with Crippen LogP contribution in [0.1, 0.15) is 11.1 Å². The third-order valence-corrected chi connectivity index (χ3v) is 3.12. The zero-order chi connectivity index (χ0) is 13.2. The van der Waals surface area contributed by atoms with E-state index in [-0.39, 0.29) is 12.4 Å². The van der Waals surface area contributed by atoms with Gasteiger partial charge in [0.2, 0.25) is 0 Å². The van der Waals surface area contributed by atoms with Crippen LogP contribution in [0.4, 0.5) is 5.69 Å². The Morgan fingerprint density at radius 2 is 1.65 bits per heavy atom. The fourth-order valence-corrected chi connectivity index (χ4v) is 2.11. The molecule has 0 saturated carbocycles. The molecular formula is C15H16ClN3O. The first-order valence-corrected chi connectivity index (χ1v) is 6.17. The van der Waals surface area contributed by atoms with Crippen LogP contribution in [0, 0.1) is 6.92 Å². The summed E-state index contributed by atoms with van der Waals surface area (Å²) in [6.07, 6.45) is 0. The predicted molar refractivity (Wildman–Crippen MR) is 74.2 cm³/mol. The summed E-state index contributed by atoms with van der Waals surface area (Å²) in [5, 5.41) is 1.96. The average molecular weight is 290 g/mol. The average Bonchev–Trinajstić information content (AvgIpc) is 2.83. The molecule has 0 fully saturated rings. The standard InChI is InChI=1S/C15H15N3O.ClH/c1-11-7-9-12(10-8-11)14-15(16)19-17-18(14)13-5-3-2-4-6-13;/h2-10,17H,16H2,1H3;1H. The number of aryl methyl sites for hydroxylation is 1. The maximum absolute atomic E-state index is 5.96. The van der Waals surface area contributed by atoms with Crippen LogP contribution in [0.2, 0.25) is 0 Å². The Kier molecular flexibility index (Phi) is 4.17. The Hall–Kier alpha value is -2.17. The lowest BCUT2D eigenvalue weighted by atomic mass is 10.1. The van der Waals surface area contributed by atoms with Crippen LogP contribution in [0.5, 0.6) is 0 Å². The van der Waals surface area contributed by atoms with E-state index in [1.165, 1.54) is 5.56 Å². The molecule has 104 valence electrons. The Morgan fingerprint density at radius 3 is 2.30 bits per heavy atom. The second kappa shape index (κ2) is 5.86. The Labute approximate surface area is 124 Å². The van der Waals surface area contributed by atoms with Gasteiger partial charge < -0.3 is 18.1 Å². The monoisotopic (exact) mass is 289 g/mol. The van der Waals surface area contributed by atoms with Crippen molar-refractivity contribution in [2.75, 3.05) is 5.01 Å². The number of para-hydroxylation sites is 1. The number of nitrogens with zero attached hydrogens (tertiary/aromatic N) is 1. The van der Waals surface area contributed by atoms with E-state index in [1.807, 2.05) is 35.3 Å². The van der Waals surface area contributed by atoms with Gasteiger partial charge in [0.25, 0.3) is 5.88 Å². The molecule has 4 nitrogen and oxygen atoms in total. The molecule has 0 atom stereocenters. The van der Waals surface area contributed by atoms with Gasteiger partial charge in [-0.25, -0.2) is 0 Å². The van der Waals surface area contributed by atoms with Crippen LogP contribution < -0.4 is 28.7 Å². The van der Waals surface area contributed by atoms with E-state index in [0.29, 0.717) is 5.88 Å². The van der Waals surface area contributed by atoms with Gasteiger partial charge in [-0.3, -0.25) is 4.84 Å². The van der Waals surface area contributed by atoms with Gasteiger partial charge in [-0.15, -0.1) is 5.01 Å². The van der Waals surface area contributed by atoms with E-state index in [1.54, 1.807) is 5.59 Å². The fraction of sp³-hybridized carbons (Fsp3) is 0.0667. The molecular weight excluding hydrogens is 274 g/mol. The highest BCUT2D eigenvalue weighted by Crippen LogP contribution is 2.26. The summed E-state index contributed by atoms with van der Waals surface area (Å²) in [6.45, 7) is 2.06. The molecule has 20 heavy (non-hydrogen) atoms. The van der Waals surface area contributed by atoms with Crippen molar-refractivity contribution in [2.45, 2.75) is 6.92 Å². The van der Waals surface area contributed by atoms with Crippen molar-refractivity contribution >= 4 is 11.4 Å². The smallest absolute Gasteiger partial charge is 0.286 e. The van der Waals surface area contributed by atoms with Crippen molar-refractivity contribution in [3.05, 3.63) is 71.6 Å². The molecule has 0 radical (unpaired) electrons. The number of hydrogen-bond donors (Lipinski definition) is 2. The molecule has 1 aliphatic heterocycles. The molecule has 1 aliphatic rings. The third-order valence-electron chi connectivity index (χ3n) is 3.12. The molecule has 0 amide bonds. The lowest BCUT2D eigenvalue weighted by Crippen LogP contribution is -3.00. The molecule has 3 rings (SSSR count). The van der Waals surface area contributed by atoms with Crippen LogP contribution in [-0.4, -0.2) is 0 Å². The largest absolute Gasteiger partial charge is 1.00 e. The topological polar surface area (TPSA) is 55.1 Å². The number of hydrogen-bond acceptors (Lipinski definition) is 3. The highest BCUT2D eigenvalue weighted by Gasteiger charge is 2.29. The van der Waals surface area contributed by atoms with Crippen molar-refractivity contribution in [1.29, 1.82) is 0 Å². The van der Waals surface area contributed by atoms with Crippen molar-refractivity contribution in [3.8, 4) is 0 Å². The minimum Gasteiger partial charge on any atom is -1.00 e. The van der Waals surface area contributed by atoms with Gasteiger partial charge in [0.15, 0.2) is 5.70 Å². The van der Waals surface area contributed by atoms with Crippen molar-refractivity contribution < 1.29 is 22.8 Å². The van der Waals surface area contributed by atoms with Gasteiger partial charge in [0.1, 0.15) is 0 Å². The minimum absolute atomic E-state index is 0. The zero-order valence-electron chi connectivity index (χ0n) is 11.1. The summed E-state index contributed by atoms with van der Waals surface area (Å²) in [7, 11) is 0. The summed E-state index contributed by atoms with van der Waals surface area (Å²) in [5.74, 6) is 0.424. The van der Waals surface area contributed by atoms with Gasteiger partial charge >= 0.3 is 0 Å². The predicted octanol–water partition coefficient (Wildman–Crippen LogP) is -1.49. The molecule has 5 heteroatoms.